The van der Waals surface area contributed by atoms with Crippen LogP contribution >= 0.6 is 0 Å². The molecule has 0 aliphatic carbocycles. The lowest BCUT2D eigenvalue weighted by molar-refractivity contribution is -0.231. The Kier molecular flexibility index (Phi) is 18.9. The molecule has 2 aliphatic rings. The van der Waals surface area contributed by atoms with Crippen molar-refractivity contribution in [3.63, 3.8) is 0 Å². The Morgan fingerprint density at radius 3 is 1.46 bits per heavy atom. The van der Waals surface area contributed by atoms with E-state index in [0.29, 0.717) is 45.9 Å². The molecule has 4 aromatic heterocycles. The predicted octanol–water partition coefficient (Wildman–Crippen LogP) is 12.4. The van der Waals surface area contributed by atoms with E-state index in [0.717, 1.165) is 5.69 Å². The molecule has 2 amide bonds. The number of ether oxygens (including phenoxy) is 2. The third kappa shape index (κ3) is 13.6. The summed E-state index contributed by atoms with van der Waals surface area (Å²) in [5.41, 5.74) is 19.8. The lowest BCUT2D eigenvalue weighted by Gasteiger charge is -2.40. The zero-order valence-corrected chi connectivity index (χ0v) is 51.3. The SMILES string of the molecule is CC[C@@]1(N=[N+]=[N-])O[C@@H](c2ccc3c(NC(=O)c4ccccc4)ncnn23)[C@H](O[Si](C)(C)C(C)(C)C)[C@@H]1C.C[C@H]1[C@@H](O[Si](C)(C)C(C)(C)C)[C@H](c2ccc3c(NC(=O)c4ccccc4)ncnn23)OC1(O)CO.C[Si](C)(C)N=[N+]=[N-]. The van der Waals surface area contributed by atoms with Gasteiger partial charge in [-0.3, -0.25) is 9.59 Å². The summed E-state index contributed by atoms with van der Waals surface area (Å²) >= 11 is 0. The maximum absolute atomic E-state index is 12.8. The van der Waals surface area contributed by atoms with Gasteiger partial charge in [-0.1, -0.05) is 123 Å². The van der Waals surface area contributed by atoms with E-state index >= 15 is 0 Å². The number of azide groups is 2. The minimum Gasteiger partial charge on any atom is -0.410 e. The van der Waals surface area contributed by atoms with E-state index < -0.39 is 67.2 Å². The van der Waals surface area contributed by atoms with Gasteiger partial charge in [-0.15, -0.1) is 4.78 Å². The van der Waals surface area contributed by atoms with E-state index in [-0.39, 0.29) is 33.9 Å². The van der Waals surface area contributed by atoms with Gasteiger partial charge in [0.05, 0.1) is 30.2 Å². The maximum Gasteiger partial charge on any atom is 0.256 e. The molecule has 0 saturated carbocycles. The van der Waals surface area contributed by atoms with Gasteiger partial charge in [0.2, 0.25) is 0 Å². The van der Waals surface area contributed by atoms with Crippen molar-refractivity contribution in [2.45, 2.75) is 161 Å². The molecular weight excluding hydrogens is 1060 g/mol. The summed E-state index contributed by atoms with van der Waals surface area (Å²) in [5, 5.41) is 39.6. The number of aromatic nitrogens is 6. The second kappa shape index (κ2) is 24.2. The number of nitrogens with one attached hydrogen (secondary N) is 2. The van der Waals surface area contributed by atoms with Crippen molar-refractivity contribution in [2.75, 3.05) is 17.2 Å². The van der Waals surface area contributed by atoms with Crippen molar-refractivity contribution in [1.29, 1.82) is 0 Å². The number of anilines is 2. The molecule has 424 valence electrons. The highest BCUT2D eigenvalue weighted by molar-refractivity contribution is 6.75. The number of carbonyl (C=O) groups is 2. The summed E-state index contributed by atoms with van der Waals surface area (Å²) in [6, 6.07) is 25.2. The normalized spacial score (nSPS) is 23.4. The number of benzene rings is 2. The van der Waals surface area contributed by atoms with Crippen LogP contribution in [0.1, 0.15) is 113 Å². The van der Waals surface area contributed by atoms with Crippen molar-refractivity contribution < 1.29 is 38.1 Å². The predicted molar refractivity (Wildman–Crippen MR) is 312 cm³/mol. The highest BCUT2D eigenvalue weighted by Gasteiger charge is 2.57. The molecule has 6 aromatic rings. The minimum absolute atomic E-state index is 0.0223. The van der Waals surface area contributed by atoms with Gasteiger partial charge in [0.1, 0.15) is 44.1 Å². The molecule has 22 nitrogen and oxygen atoms in total. The lowest BCUT2D eigenvalue weighted by Crippen LogP contribution is -2.48. The average molecular weight is 1140 g/mol. The fourth-order valence-corrected chi connectivity index (χ4v) is 11.7. The summed E-state index contributed by atoms with van der Waals surface area (Å²) in [6.07, 6.45) is 1.17. The first-order chi connectivity index (χ1) is 36.9. The second-order valence-electron chi connectivity index (χ2n) is 24.1. The van der Waals surface area contributed by atoms with Gasteiger partial charge < -0.3 is 39.2 Å². The molecule has 4 N–H and O–H groups in total. The number of amides is 2. The Morgan fingerprint density at radius 2 is 1.10 bits per heavy atom. The number of rotatable bonds is 14. The quantitative estimate of drug-likeness (QED) is 0.0343. The summed E-state index contributed by atoms with van der Waals surface area (Å²) in [5.74, 6) is -2.24. The van der Waals surface area contributed by atoms with Crippen LogP contribution in [0.15, 0.2) is 107 Å². The zero-order chi connectivity index (χ0) is 58.5. The van der Waals surface area contributed by atoms with Gasteiger partial charge in [-0.25, -0.2) is 19.0 Å². The molecule has 79 heavy (non-hydrogen) atoms. The van der Waals surface area contributed by atoms with Gasteiger partial charge in [-0.2, -0.15) is 10.2 Å². The van der Waals surface area contributed by atoms with Crippen molar-refractivity contribution >= 4 is 59.4 Å². The smallest absolute Gasteiger partial charge is 0.256 e. The highest BCUT2D eigenvalue weighted by Crippen LogP contribution is 2.52. The monoisotopic (exact) mass is 1130 g/mol. The number of carbonyl (C=O) groups excluding carboxylic acids is 2. The molecular formula is C54H78N14O8Si3. The first kappa shape index (κ1) is 61.9. The van der Waals surface area contributed by atoms with Crippen LogP contribution in [0, 0.1) is 11.8 Å². The Morgan fingerprint density at radius 1 is 0.684 bits per heavy atom. The number of hydrogen-bond donors (Lipinski definition) is 4. The van der Waals surface area contributed by atoms with Gasteiger partial charge in [0.15, 0.2) is 39.8 Å². The molecule has 8 atom stereocenters. The Labute approximate surface area is 465 Å². The summed E-state index contributed by atoms with van der Waals surface area (Å²) in [6.45, 7) is 32.9. The highest BCUT2D eigenvalue weighted by atomic mass is 28.4. The number of nitrogens with zero attached hydrogens (tertiary/aromatic N) is 12. The van der Waals surface area contributed by atoms with Gasteiger partial charge in [0, 0.05) is 27.9 Å². The van der Waals surface area contributed by atoms with E-state index in [2.05, 4.69) is 118 Å². The first-order valence-corrected chi connectivity index (χ1v) is 35.7. The molecule has 6 heterocycles. The fraction of sp³-hybridized carbons (Fsp3) is 0.519. The van der Waals surface area contributed by atoms with Crippen LogP contribution in [0.5, 0.6) is 0 Å². The average Bonchev–Trinajstić information content (AvgIpc) is 4.25. The van der Waals surface area contributed by atoms with Crippen LogP contribution in [0.4, 0.5) is 11.6 Å². The summed E-state index contributed by atoms with van der Waals surface area (Å²) < 4.78 is 33.2. The van der Waals surface area contributed by atoms with Gasteiger partial charge >= 0.3 is 0 Å². The summed E-state index contributed by atoms with van der Waals surface area (Å²) in [4.78, 5) is 39.9. The maximum atomic E-state index is 12.8. The van der Waals surface area contributed by atoms with Gasteiger partial charge in [-0.05, 0) is 107 Å². The molecule has 1 unspecified atom stereocenters. The van der Waals surface area contributed by atoms with Crippen LogP contribution in [0.2, 0.25) is 55.9 Å². The Hall–Kier alpha value is -6.35. The van der Waals surface area contributed by atoms with Crippen molar-refractivity contribution in [3.8, 4) is 0 Å². The van der Waals surface area contributed by atoms with Crippen LogP contribution in [-0.2, 0) is 18.3 Å². The molecule has 25 heteroatoms. The molecule has 8 rings (SSSR count). The fourth-order valence-electron chi connectivity index (χ4n) is 8.70. The molecule has 2 fully saturated rings. The molecule has 2 aliphatic heterocycles. The van der Waals surface area contributed by atoms with Crippen LogP contribution in [0.25, 0.3) is 31.9 Å². The first-order valence-electron chi connectivity index (χ1n) is 26.4. The molecule has 2 saturated heterocycles. The van der Waals surface area contributed by atoms with Crippen LogP contribution in [0.3, 0.4) is 0 Å². The third-order valence-electron chi connectivity index (χ3n) is 15.5. The molecule has 0 radical (unpaired) electrons. The Bertz CT molecular complexity index is 3190. The second-order valence-corrected chi connectivity index (χ2v) is 38.1. The van der Waals surface area contributed by atoms with E-state index in [4.69, 9.17) is 23.9 Å². The number of hydrogen-bond acceptors (Lipinski definition) is 14. The van der Waals surface area contributed by atoms with Crippen molar-refractivity contribution in [2.24, 2.45) is 21.7 Å². The molecule has 2 aromatic carbocycles. The minimum atomic E-state index is -2.25. The van der Waals surface area contributed by atoms with Crippen molar-refractivity contribution in [1.82, 2.24) is 29.2 Å². The standard InChI is InChI=1S/C26H35N7O3Si.C25H34N4O5Si.C3H9N3Si/c1-8-26(31-32-27)17(2)21(36-37(6,7)25(3,4)5)22(35-26)19-14-15-20-23(28-16-29-33(19)20)30-24(34)18-12-10-9-11-13-18;1-16-20(34-35(5,6)24(2,3)4)21(33-25(16,32)14-30)18-12-13-19-22(26-15-27-29(18)19)28-23(31)17-10-8-7-9-11-17;1-7(2,3)6-5-4/h9-17,21-22H,8H2,1-7H3,(H,28,29,30,34);7-13,15-16,20-21,30,32H,14H2,1-6H3,(H,26,27,28,31);1-3H3/t17-,21+,22-,26+;16-,20+,21-,25?;/m00./s1. The lowest BCUT2D eigenvalue weighted by atomic mass is 9.91. The van der Waals surface area contributed by atoms with E-state index in [1.807, 2.05) is 82.9 Å². The topological polar surface area (TPSA) is 293 Å². The third-order valence-corrected chi connectivity index (χ3v) is 25.2. The van der Waals surface area contributed by atoms with Crippen molar-refractivity contribution in [3.05, 3.63) is 141 Å². The number of fused-ring (bicyclic) bond motifs is 2. The van der Waals surface area contributed by atoms with Gasteiger partial charge in [0.25, 0.3) is 11.8 Å². The Balaban J connectivity index is 0.000000228. The van der Waals surface area contributed by atoms with Crippen LogP contribution in [-0.4, -0.2) is 106 Å². The van der Waals surface area contributed by atoms with E-state index in [9.17, 15) is 25.3 Å². The number of aliphatic hydroxyl groups is 2. The van der Waals surface area contributed by atoms with Crippen LogP contribution < -0.4 is 10.6 Å². The largest absolute Gasteiger partial charge is 0.410 e. The van der Waals surface area contributed by atoms with E-state index in [1.54, 1.807) is 51.5 Å². The number of aliphatic hydroxyl groups excluding tert-OH is 1. The zero-order valence-electron chi connectivity index (χ0n) is 48.3. The summed E-state index contributed by atoms with van der Waals surface area (Å²) in [7, 11) is -5.92. The van der Waals surface area contributed by atoms with E-state index in [1.165, 1.54) is 12.7 Å². The molecule has 0 bridgehead atoms. The molecule has 0 spiro atoms.